The van der Waals surface area contributed by atoms with Crippen LogP contribution in [0.5, 0.6) is 5.75 Å². The summed E-state index contributed by atoms with van der Waals surface area (Å²) >= 11 is 11.4. The molecule has 0 aromatic heterocycles. The van der Waals surface area contributed by atoms with E-state index in [1.165, 1.54) is 36.4 Å². The van der Waals surface area contributed by atoms with E-state index in [0.29, 0.717) is 16.1 Å². The van der Waals surface area contributed by atoms with Gasteiger partial charge in [0, 0.05) is 16.7 Å². The Morgan fingerprint density at radius 1 is 1.05 bits per heavy atom. The molecule has 5 heteroatoms. The third-order valence-electron chi connectivity index (χ3n) is 2.62. The van der Waals surface area contributed by atoms with Gasteiger partial charge in [0.15, 0.2) is 0 Å². The average Bonchev–Trinajstić information content (AvgIpc) is 2.47. The van der Waals surface area contributed by atoms with E-state index in [0.717, 1.165) is 0 Å². The van der Waals surface area contributed by atoms with Crippen molar-refractivity contribution >= 4 is 23.2 Å². The smallest absolute Gasteiger partial charge is 0.138 e. The highest BCUT2D eigenvalue weighted by atomic mass is 35.5. The van der Waals surface area contributed by atoms with Crippen molar-refractivity contribution in [2.45, 2.75) is 6.61 Å². The van der Waals surface area contributed by atoms with Gasteiger partial charge < -0.3 is 4.74 Å². The molecule has 0 N–H and O–H groups in total. The predicted molar refractivity (Wildman–Crippen MR) is 79.7 cm³/mol. The summed E-state index contributed by atoms with van der Waals surface area (Å²) in [6.07, 6.45) is 0. The molecule has 2 aromatic carbocycles. The Bertz CT molecular complexity index is 705. The fourth-order valence-corrected chi connectivity index (χ4v) is 1.90. The molecule has 1 nitrogen and oxygen atoms in total. The van der Waals surface area contributed by atoms with Gasteiger partial charge >= 0.3 is 0 Å². The molecule has 0 radical (unpaired) electrons. The van der Waals surface area contributed by atoms with Crippen molar-refractivity contribution in [3.8, 4) is 17.6 Å². The van der Waals surface area contributed by atoms with Crippen molar-refractivity contribution in [1.29, 1.82) is 0 Å². The first-order valence-electron chi connectivity index (χ1n) is 6.01. The fourth-order valence-electron chi connectivity index (χ4n) is 1.66. The average molecular weight is 327 g/mol. The van der Waals surface area contributed by atoms with E-state index in [9.17, 15) is 8.78 Å². The number of alkyl halides is 1. The molecule has 0 fully saturated rings. The molecule has 0 aliphatic heterocycles. The first kappa shape index (κ1) is 15.6. The van der Waals surface area contributed by atoms with Gasteiger partial charge in [0.1, 0.15) is 24.0 Å². The van der Waals surface area contributed by atoms with Gasteiger partial charge in [-0.25, -0.2) is 8.78 Å². The van der Waals surface area contributed by atoms with Crippen LogP contribution in [-0.4, -0.2) is 5.88 Å². The number of halogens is 4. The lowest BCUT2D eigenvalue weighted by Gasteiger charge is -2.10. The maximum Gasteiger partial charge on any atom is 0.138 e. The van der Waals surface area contributed by atoms with E-state index in [4.69, 9.17) is 27.9 Å². The van der Waals surface area contributed by atoms with E-state index in [1.54, 1.807) is 0 Å². The molecule has 2 aromatic rings. The van der Waals surface area contributed by atoms with E-state index >= 15 is 0 Å². The van der Waals surface area contributed by atoms with Crippen LogP contribution in [0.4, 0.5) is 8.78 Å². The van der Waals surface area contributed by atoms with Crippen molar-refractivity contribution in [3.05, 3.63) is 64.2 Å². The highest BCUT2D eigenvalue weighted by Crippen LogP contribution is 2.23. The molecule has 108 valence electrons. The van der Waals surface area contributed by atoms with Crippen molar-refractivity contribution in [3.63, 3.8) is 0 Å². The maximum atomic E-state index is 13.3. The highest BCUT2D eigenvalue weighted by molar-refractivity contribution is 6.31. The van der Waals surface area contributed by atoms with Crippen LogP contribution < -0.4 is 4.74 Å². The Morgan fingerprint density at radius 2 is 1.76 bits per heavy atom. The van der Waals surface area contributed by atoms with Gasteiger partial charge in [-0.15, -0.1) is 11.6 Å². The Hall–Kier alpha value is -1.76. The second kappa shape index (κ2) is 7.31. The molecule has 0 amide bonds. The number of hydrogen-bond acceptors (Lipinski definition) is 1. The van der Waals surface area contributed by atoms with Crippen LogP contribution in [-0.2, 0) is 6.61 Å². The SMILES string of the molecule is Fc1ccc(Cl)c(COc2cc(F)ccc2C#CCCl)c1. The van der Waals surface area contributed by atoms with Gasteiger partial charge in [-0.2, -0.15) is 0 Å². The van der Waals surface area contributed by atoms with Gasteiger partial charge in [-0.3, -0.25) is 0 Å². The second-order valence-corrected chi connectivity index (χ2v) is 4.77. The summed E-state index contributed by atoms with van der Waals surface area (Å²) < 4.78 is 32.0. The van der Waals surface area contributed by atoms with Crippen LogP contribution in [0.25, 0.3) is 0 Å². The van der Waals surface area contributed by atoms with Crippen LogP contribution in [0.2, 0.25) is 5.02 Å². The van der Waals surface area contributed by atoms with Crippen molar-refractivity contribution in [1.82, 2.24) is 0 Å². The topological polar surface area (TPSA) is 9.23 Å². The summed E-state index contributed by atoms with van der Waals surface area (Å²) in [5.41, 5.74) is 0.974. The van der Waals surface area contributed by atoms with Gasteiger partial charge in [0.25, 0.3) is 0 Å². The number of hydrogen-bond donors (Lipinski definition) is 0. The molecule has 0 unspecified atom stereocenters. The van der Waals surface area contributed by atoms with Crippen molar-refractivity contribution < 1.29 is 13.5 Å². The van der Waals surface area contributed by atoms with E-state index in [-0.39, 0.29) is 18.2 Å². The predicted octanol–water partition coefficient (Wildman–Crippen LogP) is 4.79. The molecule has 0 saturated carbocycles. The summed E-state index contributed by atoms with van der Waals surface area (Å²) in [5, 5.41) is 0.376. The third-order valence-corrected chi connectivity index (χ3v) is 3.13. The Balaban J connectivity index is 2.23. The quantitative estimate of drug-likeness (QED) is 0.582. The molecule has 0 heterocycles. The Morgan fingerprint density at radius 3 is 2.52 bits per heavy atom. The van der Waals surface area contributed by atoms with Crippen LogP contribution in [0.15, 0.2) is 36.4 Å². The molecule has 0 aliphatic rings. The molecular weight excluding hydrogens is 317 g/mol. The van der Waals surface area contributed by atoms with Gasteiger partial charge in [0.05, 0.1) is 11.4 Å². The summed E-state index contributed by atoms with van der Waals surface area (Å²) in [5.74, 6) is 4.99. The van der Waals surface area contributed by atoms with E-state index < -0.39 is 11.6 Å². The minimum Gasteiger partial charge on any atom is -0.487 e. The number of benzene rings is 2. The molecule has 0 aliphatic carbocycles. The van der Waals surface area contributed by atoms with Crippen molar-refractivity contribution in [2.75, 3.05) is 5.88 Å². The highest BCUT2D eigenvalue weighted by Gasteiger charge is 2.07. The van der Waals surface area contributed by atoms with E-state index in [1.807, 2.05) is 0 Å². The van der Waals surface area contributed by atoms with Gasteiger partial charge in [-0.05, 0) is 30.3 Å². The zero-order valence-electron chi connectivity index (χ0n) is 10.8. The summed E-state index contributed by atoms with van der Waals surface area (Å²) in [7, 11) is 0. The molecule has 0 atom stereocenters. The molecule has 2 rings (SSSR count). The lowest BCUT2D eigenvalue weighted by molar-refractivity contribution is 0.303. The lowest BCUT2D eigenvalue weighted by atomic mass is 10.2. The molecule has 0 bridgehead atoms. The van der Waals surface area contributed by atoms with Crippen LogP contribution in [0, 0.1) is 23.5 Å². The second-order valence-electron chi connectivity index (χ2n) is 4.10. The van der Waals surface area contributed by atoms with Crippen LogP contribution >= 0.6 is 23.2 Å². The first-order valence-corrected chi connectivity index (χ1v) is 6.92. The number of ether oxygens (including phenoxy) is 1. The summed E-state index contributed by atoms with van der Waals surface area (Å²) in [4.78, 5) is 0. The molecular formula is C16H10Cl2F2O. The lowest BCUT2D eigenvalue weighted by Crippen LogP contribution is -1.99. The summed E-state index contributed by atoms with van der Waals surface area (Å²) in [6.45, 7) is 0.00953. The first-order chi connectivity index (χ1) is 10.1. The minimum absolute atomic E-state index is 0.00953. The normalized spacial score (nSPS) is 9.90. The standard InChI is InChI=1S/C16H10Cl2F2O/c17-7-1-2-11-3-4-14(20)9-16(11)21-10-12-8-13(19)5-6-15(12)18/h3-6,8-9H,7,10H2. The number of rotatable bonds is 3. The minimum atomic E-state index is -0.452. The third kappa shape index (κ3) is 4.35. The Labute approximate surface area is 131 Å². The largest absolute Gasteiger partial charge is 0.487 e. The maximum absolute atomic E-state index is 13.3. The zero-order chi connectivity index (χ0) is 15.2. The zero-order valence-corrected chi connectivity index (χ0v) is 12.3. The van der Waals surface area contributed by atoms with Gasteiger partial charge in [0.2, 0.25) is 0 Å². The molecule has 0 spiro atoms. The van der Waals surface area contributed by atoms with Crippen molar-refractivity contribution in [2.24, 2.45) is 0 Å². The fraction of sp³-hybridized carbons (Fsp3) is 0.125. The van der Waals surface area contributed by atoms with Gasteiger partial charge in [-0.1, -0.05) is 23.4 Å². The van der Waals surface area contributed by atoms with Crippen LogP contribution in [0.3, 0.4) is 0 Å². The van der Waals surface area contributed by atoms with Crippen LogP contribution in [0.1, 0.15) is 11.1 Å². The Kier molecular flexibility index (Phi) is 5.44. The molecule has 0 saturated heterocycles. The molecule has 21 heavy (non-hydrogen) atoms. The summed E-state index contributed by atoms with van der Waals surface area (Å²) in [6, 6.07) is 7.95. The van der Waals surface area contributed by atoms with E-state index in [2.05, 4.69) is 11.8 Å². The monoisotopic (exact) mass is 326 g/mol.